The minimum atomic E-state index is -0.874. The summed E-state index contributed by atoms with van der Waals surface area (Å²) in [5, 5.41) is 22.9. The third kappa shape index (κ3) is 4.94. The van der Waals surface area contributed by atoms with Gasteiger partial charge in [-0.05, 0) is 59.4 Å². The molecule has 1 fully saturated rings. The van der Waals surface area contributed by atoms with E-state index in [9.17, 15) is 14.7 Å². The van der Waals surface area contributed by atoms with Crippen molar-refractivity contribution in [2.75, 3.05) is 5.73 Å². The molecule has 1 amide bonds. The monoisotopic (exact) mass is 545 g/mol. The van der Waals surface area contributed by atoms with Crippen molar-refractivity contribution < 1.29 is 14.7 Å². The number of hydrogen-bond donors (Lipinski definition) is 3. The molecule has 4 aromatic rings. The normalized spacial score (nSPS) is 15.6. The zero-order chi connectivity index (χ0) is 28.6. The fourth-order valence-electron chi connectivity index (χ4n) is 5.74. The Kier molecular flexibility index (Phi) is 7.37. The Labute approximate surface area is 232 Å². The number of pyridine rings is 1. The Balaban J connectivity index is 1.46. The number of rotatable bonds is 9. The number of ketones is 1. The molecule has 0 unspecified atom stereocenters. The highest BCUT2D eigenvalue weighted by atomic mass is 16.3. The maximum Gasteiger partial charge on any atom is 0.292 e. The van der Waals surface area contributed by atoms with Crippen molar-refractivity contribution in [1.29, 1.82) is 0 Å². The third-order valence-electron chi connectivity index (χ3n) is 7.78. The van der Waals surface area contributed by atoms with Crippen LogP contribution in [0.5, 0.6) is 0 Å². The third-order valence-corrected chi connectivity index (χ3v) is 7.78. The second kappa shape index (κ2) is 10.8. The minimum Gasteiger partial charge on any atom is -0.384 e. The molecule has 0 radical (unpaired) electrons. The lowest BCUT2D eigenvalue weighted by molar-refractivity contribution is 0.0399. The number of aliphatic hydroxyl groups is 1. The van der Waals surface area contributed by atoms with E-state index in [1.807, 2.05) is 32.9 Å². The largest absolute Gasteiger partial charge is 0.384 e. The summed E-state index contributed by atoms with van der Waals surface area (Å²) >= 11 is 0. The number of aromatic amines is 1. The number of amides is 1. The van der Waals surface area contributed by atoms with Crippen LogP contribution in [0.25, 0.3) is 16.8 Å². The predicted octanol–water partition coefficient (Wildman–Crippen LogP) is 3.33. The number of aromatic nitrogens is 7. The second-order valence-corrected chi connectivity index (χ2v) is 10.9. The summed E-state index contributed by atoms with van der Waals surface area (Å²) in [6, 6.07) is 3.49. The zero-order valence-corrected chi connectivity index (χ0v) is 23.3. The van der Waals surface area contributed by atoms with Gasteiger partial charge in [0.2, 0.25) is 5.82 Å². The van der Waals surface area contributed by atoms with Crippen LogP contribution in [0.2, 0.25) is 0 Å². The number of nitrogen functional groups attached to an aromatic ring is 1. The molecule has 40 heavy (non-hydrogen) atoms. The number of nitrogens with two attached hydrogens (primary N) is 1. The summed E-state index contributed by atoms with van der Waals surface area (Å²) in [4.78, 5) is 39.7. The Bertz CT molecular complexity index is 1520. The number of H-pyrrole nitrogens is 1. The van der Waals surface area contributed by atoms with Gasteiger partial charge in [0.1, 0.15) is 17.7 Å². The molecular weight excluding hydrogens is 510 g/mol. The van der Waals surface area contributed by atoms with E-state index in [0.29, 0.717) is 48.3 Å². The van der Waals surface area contributed by atoms with Gasteiger partial charge in [-0.3, -0.25) is 14.6 Å². The van der Waals surface area contributed by atoms with Gasteiger partial charge in [0, 0.05) is 29.4 Å². The lowest BCUT2D eigenvalue weighted by Crippen LogP contribution is -2.44. The van der Waals surface area contributed by atoms with Crippen molar-refractivity contribution in [3.05, 3.63) is 53.6 Å². The standard InChI is InChI=1S/C28H35N9O3/c1-16(2)36(27(39)25-31-15-32-35-25)17(3)7-9-21-23(18(4)38)24(29)37-26(34-21)20(14-33-37)19-8-10-22(30-13-19)28(40)11-5-6-12-28/h8,10,13-17,40H,5-7,9,11-12,29H2,1-4H3,(H,31,32,35)/t17-/m1/s1. The van der Waals surface area contributed by atoms with Gasteiger partial charge < -0.3 is 20.7 Å². The molecule has 4 aromatic heterocycles. The SMILES string of the molecule is CC(=O)c1c(CC[C@@H](C)N(C(=O)c2nnc[nH]2)C(C)C)nc2c(-c3ccc(C4(O)CCCC4)nc3)cnn2c1N. The molecule has 1 saturated carbocycles. The van der Waals surface area contributed by atoms with Crippen molar-refractivity contribution in [3.8, 4) is 11.1 Å². The summed E-state index contributed by atoms with van der Waals surface area (Å²) in [5.41, 5.74) is 9.15. The Morgan fingerprint density at radius 2 is 1.95 bits per heavy atom. The van der Waals surface area contributed by atoms with E-state index < -0.39 is 5.60 Å². The summed E-state index contributed by atoms with van der Waals surface area (Å²) < 4.78 is 1.48. The van der Waals surface area contributed by atoms with Crippen LogP contribution in [0.3, 0.4) is 0 Å². The van der Waals surface area contributed by atoms with Gasteiger partial charge in [0.05, 0.1) is 23.1 Å². The van der Waals surface area contributed by atoms with Crippen LogP contribution in [0, 0.1) is 0 Å². The molecule has 4 heterocycles. The smallest absolute Gasteiger partial charge is 0.292 e. The second-order valence-electron chi connectivity index (χ2n) is 10.9. The maximum atomic E-state index is 13.1. The van der Waals surface area contributed by atoms with Crippen LogP contribution in [0.4, 0.5) is 5.82 Å². The van der Waals surface area contributed by atoms with Crippen molar-refractivity contribution in [2.24, 2.45) is 0 Å². The van der Waals surface area contributed by atoms with Gasteiger partial charge in [-0.2, -0.15) is 9.61 Å². The molecule has 0 bridgehead atoms. The summed E-state index contributed by atoms with van der Waals surface area (Å²) in [6.45, 7) is 7.30. The van der Waals surface area contributed by atoms with Crippen LogP contribution in [0.1, 0.15) is 92.2 Å². The van der Waals surface area contributed by atoms with Crippen LogP contribution >= 0.6 is 0 Å². The lowest BCUT2D eigenvalue weighted by atomic mass is 9.96. The number of nitrogens with zero attached hydrogens (tertiary/aromatic N) is 7. The van der Waals surface area contributed by atoms with E-state index in [2.05, 4.69) is 25.3 Å². The molecule has 12 heteroatoms. The molecule has 12 nitrogen and oxygen atoms in total. The number of carbonyl (C=O) groups excluding carboxylic acids is 2. The summed E-state index contributed by atoms with van der Waals surface area (Å²) in [5.74, 6) is -0.0565. The van der Waals surface area contributed by atoms with Crippen LogP contribution in [-0.4, -0.2) is 68.5 Å². The predicted molar refractivity (Wildman–Crippen MR) is 148 cm³/mol. The van der Waals surface area contributed by atoms with Gasteiger partial charge in [-0.15, -0.1) is 10.2 Å². The number of aryl methyl sites for hydroxylation is 1. The zero-order valence-electron chi connectivity index (χ0n) is 23.3. The van der Waals surface area contributed by atoms with Crippen molar-refractivity contribution in [2.45, 2.75) is 83.9 Å². The molecule has 1 aliphatic rings. The van der Waals surface area contributed by atoms with Gasteiger partial charge >= 0.3 is 0 Å². The van der Waals surface area contributed by atoms with E-state index in [0.717, 1.165) is 24.0 Å². The first-order chi connectivity index (χ1) is 19.1. The first kappa shape index (κ1) is 27.4. The van der Waals surface area contributed by atoms with E-state index in [1.165, 1.54) is 17.8 Å². The fraction of sp³-hybridized carbons (Fsp3) is 0.464. The van der Waals surface area contributed by atoms with E-state index >= 15 is 0 Å². The van der Waals surface area contributed by atoms with Gasteiger partial charge in [-0.25, -0.2) is 4.98 Å². The van der Waals surface area contributed by atoms with Crippen molar-refractivity contribution >= 4 is 23.2 Å². The van der Waals surface area contributed by atoms with Crippen LogP contribution in [-0.2, 0) is 12.0 Å². The molecule has 0 aromatic carbocycles. The van der Waals surface area contributed by atoms with E-state index in [4.69, 9.17) is 10.7 Å². The highest BCUT2D eigenvalue weighted by Gasteiger charge is 2.34. The number of hydrogen-bond acceptors (Lipinski definition) is 9. The highest BCUT2D eigenvalue weighted by Crippen LogP contribution is 2.38. The van der Waals surface area contributed by atoms with Crippen LogP contribution in [0.15, 0.2) is 30.9 Å². The van der Waals surface area contributed by atoms with Gasteiger partial charge in [0.25, 0.3) is 5.91 Å². The first-order valence-corrected chi connectivity index (χ1v) is 13.7. The molecular formula is C28H35N9O3. The number of fused-ring (bicyclic) bond motifs is 1. The molecule has 1 atom stereocenters. The van der Waals surface area contributed by atoms with E-state index in [1.54, 1.807) is 17.3 Å². The summed E-state index contributed by atoms with van der Waals surface area (Å²) in [7, 11) is 0. The molecule has 1 aliphatic carbocycles. The fourth-order valence-corrected chi connectivity index (χ4v) is 5.74. The number of nitrogens with one attached hydrogen (secondary N) is 1. The van der Waals surface area contributed by atoms with Crippen molar-refractivity contribution in [3.63, 3.8) is 0 Å². The molecule has 0 saturated heterocycles. The van der Waals surface area contributed by atoms with Crippen LogP contribution < -0.4 is 5.73 Å². The lowest BCUT2D eigenvalue weighted by Gasteiger charge is -2.32. The molecule has 210 valence electrons. The molecule has 4 N–H and O–H groups in total. The Hall–Kier alpha value is -4.19. The topological polar surface area (TPSA) is 168 Å². The molecule has 0 spiro atoms. The Morgan fingerprint density at radius 1 is 1.20 bits per heavy atom. The number of Topliss-reactive ketones (excluding diaryl/α,β-unsaturated/α-hetero) is 1. The summed E-state index contributed by atoms with van der Waals surface area (Å²) in [6.07, 6.45) is 9.10. The first-order valence-electron chi connectivity index (χ1n) is 13.7. The average Bonchev–Trinajstić information content (AvgIpc) is 3.69. The molecule has 0 aliphatic heterocycles. The quantitative estimate of drug-likeness (QED) is 0.267. The maximum absolute atomic E-state index is 13.1. The van der Waals surface area contributed by atoms with Gasteiger partial charge in [0.15, 0.2) is 11.4 Å². The average molecular weight is 546 g/mol. The van der Waals surface area contributed by atoms with E-state index in [-0.39, 0.29) is 35.4 Å². The van der Waals surface area contributed by atoms with Gasteiger partial charge in [-0.1, -0.05) is 18.9 Å². The number of anilines is 1. The number of carbonyl (C=O) groups is 2. The Morgan fingerprint density at radius 3 is 2.55 bits per heavy atom. The highest BCUT2D eigenvalue weighted by molar-refractivity contribution is 6.00. The minimum absolute atomic E-state index is 0.0837. The molecule has 5 rings (SSSR count). The van der Waals surface area contributed by atoms with Crippen molar-refractivity contribution in [1.82, 2.24) is 39.7 Å².